The molecule has 0 saturated heterocycles. The third-order valence-corrected chi connectivity index (χ3v) is 9.58. The first-order chi connectivity index (χ1) is 22.4. The standard InChI is InChI=1S/C38H40N2O6/c1-44-33-21-32-30(35-24(12-14-40-15-13-39-22-40)16-26-18-28(41)10-11-29(26)36(33)35)20-31(42)38(46-32)27-17-25(37(43)34(19-27)45-2)9-8-23-6-4-3-5-7-23/h3-7,10-11,13,15,17-19,21,24,31,38-39,41-43H,8-9,12,14,16,20,22H2,1-2H3/t24-,31-,38-/m1/s1. The van der Waals surface area contributed by atoms with E-state index in [9.17, 15) is 15.3 Å². The second kappa shape index (κ2) is 12.5. The molecule has 0 aromatic heterocycles. The predicted octanol–water partition coefficient (Wildman–Crippen LogP) is 5.97. The third kappa shape index (κ3) is 5.58. The van der Waals surface area contributed by atoms with Gasteiger partial charge in [0.2, 0.25) is 0 Å². The van der Waals surface area contributed by atoms with Gasteiger partial charge in [-0.15, -0.1) is 0 Å². The van der Waals surface area contributed by atoms with Crippen molar-refractivity contribution >= 4 is 0 Å². The second-order valence-electron chi connectivity index (χ2n) is 12.4. The Morgan fingerprint density at radius 2 is 1.76 bits per heavy atom. The predicted molar refractivity (Wildman–Crippen MR) is 177 cm³/mol. The van der Waals surface area contributed by atoms with Crippen molar-refractivity contribution in [2.45, 2.75) is 50.2 Å². The highest BCUT2D eigenvalue weighted by Crippen LogP contribution is 2.53. The van der Waals surface area contributed by atoms with Crippen LogP contribution in [0.15, 0.2) is 79.1 Å². The number of methoxy groups -OCH3 is 2. The van der Waals surface area contributed by atoms with Crippen molar-refractivity contribution in [1.29, 1.82) is 0 Å². The van der Waals surface area contributed by atoms with E-state index < -0.39 is 12.2 Å². The molecule has 8 nitrogen and oxygen atoms in total. The maximum atomic E-state index is 11.7. The van der Waals surface area contributed by atoms with Crippen LogP contribution in [-0.4, -0.2) is 53.8 Å². The Balaban J connectivity index is 1.27. The van der Waals surface area contributed by atoms with Gasteiger partial charge in [0.05, 0.1) is 27.0 Å². The van der Waals surface area contributed by atoms with Gasteiger partial charge in [-0.2, -0.15) is 0 Å². The van der Waals surface area contributed by atoms with E-state index in [2.05, 4.69) is 28.5 Å². The quantitative estimate of drug-likeness (QED) is 0.182. The first-order valence-electron chi connectivity index (χ1n) is 15.9. The molecule has 3 atom stereocenters. The van der Waals surface area contributed by atoms with Gasteiger partial charge in [-0.25, -0.2) is 0 Å². The van der Waals surface area contributed by atoms with Crippen LogP contribution >= 0.6 is 0 Å². The highest BCUT2D eigenvalue weighted by molar-refractivity contribution is 5.83. The Labute approximate surface area is 269 Å². The van der Waals surface area contributed by atoms with E-state index in [1.165, 1.54) is 12.7 Å². The number of hydrogen-bond acceptors (Lipinski definition) is 8. The number of rotatable bonds is 9. The summed E-state index contributed by atoms with van der Waals surface area (Å²) in [6, 6.07) is 21.3. The van der Waals surface area contributed by atoms with Gasteiger partial charge in [0.25, 0.3) is 0 Å². The van der Waals surface area contributed by atoms with Crippen LogP contribution in [0.25, 0.3) is 11.1 Å². The van der Waals surface area contributed by atoms with Crippen molar-refractivity contribution < 1.29 is 29.5 Å². The number of nitrogens with zero attached hydrogens (tertiary/aromatic N) is 1. The van der Waals surface area contributed by atoms with Gasteiger partial charge in [-0.05, 0) is 89.2 Å². The van der Waals surface area contributed by atoms with Crippen LogP contribution < -0.4 is 19.5 Å². The fourth-order valence-electron chi connectivity index (χ4n) is 7.31. The molecule has 3 aliphatic rings. The van der Waals surface area contributed by atoms with Gasteiger partial charge in [0.15, 0.2) is 11.5 Å². The summed E-state index contributed by atoms with van der Waals surface area (Å²) in [5.74, 6) is 2.25. The van der Waals surface area contributed by atoms with Crippen LogP contribution in [0.3, 0.4) is 0 Å². The molecule has 46 heavy (non-hydrogen) atoms. The summed E-state index contributed by atoms with van der Waals surface area (Å²) >= 11 is 0. The number of phenols is 2. The average molecular weight is 621 g/mol. The van der Waals surface area contributed by atoms with E-state index in [0.29, 0.717) is 30.1 Å². The van der Waals surface area contributed by atoms with Crippen LogP contribution in [0.4, 0.5) is 0 Å². The second-order valence-corrected chi connectivity index (χ2v) is 12.4. The Hall–Kier alpha value is -4.82. The minimum atomic E-state index is -0.825. The van der Waals surface area contributed by atoms with Gasteiger partial charge in [0, 0.05) is 42.6 Å². The number of phenolic OH excluding ortho intramolecular Hbond substituents is 2. The van der Waals surface area contributed by atoms with E-state index >= 15 is 0 Å². The van der Waals surface area contributed by atoms with Crippen molar-refractivity contribution in [2.75, 3.05) is 27.4 Å². The molecular formula is C38H40N2O6. The number of ether oxygens (including phenoxy) is 3. The molecule has 4 N–H and O–H groups in total. The molecule has 2 heterocycles. The van der Waals surface area contributed by atoms with Crippen LogP contribution in [-0.2, 0) is 25.7 Å². The molecule has 0 radical (unpaired) electrons. The summed E-state index contributed by atoms with van der Waals surface area (Å²) < 4.78 is 18.3. The van der Waals surface area contributed by atoms with Crippen molar-refractivity contribution in [3.05, 3.63) is 113 Å². The van der Waals surface area contributed by atoms with Crippen LogP contribution in [0.2, 0.25) is 0 Å². The smallest absolute Gasteiger partial charge is 0.161 e. The lowest BCUT2D eigenvalue weighted by molar-refractivity contribution is 0.0200. The summed E-state index contributed by atoms with van der Waals surface area (Å²) in [6.07, 6.45) is 5.97. The van der Waals surface area contributed by atoms with Crippen molar-refractivity contribution in [1.82, 2.24) is 10.2 Å². The fraction of sp³-hybridized carbons (Fsp3) is 0.316. The maximum Gasteiger partial charge on any atom is 0.161 e. The highest BCUT2D eigenvalue weighted by atomic mass is 16.5. The molecule has 4 aromatic carbocycles. The van der Waals surface area contributed by atoms with E-state index in [1.807, 2.05) is 48.7 Å². The largest absolute Gasteiger partial charge is 0.508 e. The number of aryl methyl sites for hydroxylation is 2. The lowest BCUT2D eigenvalue weighted by atomic mass is 9.73. The number of aliphatic hydroxyl groups is 1. The third-order valence-electron chi connectivity index (χ3n) is 9.58. The van der Waals surface area contributed by atoms with E-state index in [4.69, 9.17) is 14.2 Å². The molecule has 0 amide bonds. The topological polar surface area (TPSA) is 104 Å². The minimum Gasteiger partial charge on any atom is -0.508 e. The van der Waals surface area contributed by atoms with Crippen molar-refractivity contribution in [2.24, 2.45) is 0 Å². The van der Waals surface area contributed by atoms with E-state index in [0.717, 1.165) is 71.4 Å². The maximum absolute atomic E-state index is 11.7. The summed E-state index contributed by atoms with van der Waals surface area (Å²) in [6.45, 7) is 1.64. The van der Waals surface area contributed by atoms with Gasteiger partial charge >= 0.3 is 0 Å². The lowest BCUT2D eigenvalue weighted by Crippen LogP contribution is -2.32. The van der Waals surface area contributed by atoms with Crippen LogP contribution in [0.5, 0.6) is 28.7 Å². The number of hydrogen-bond donors (Lipinski definition) is 4. The summed E-state index contributed by atoms with van der Waals surface area (Å²) in [7, 11) is 3.21. The zero-order valence-corrected chi connectivity index (χ0v) is 26.2. The summed E-state index contributed by atoms with van der Waals surface area (Å²) in [5, 5.41) is 36.3. The van der Waals surface area contributed by atoms with Gasteiger partial charge < -0.3 is 39.7 Å². The van der Waals surface area contributed by atoms with Gasteiger partial charge in [-0.3, -0.25) is 0 Å². The molecule has 2 aliphatic heterocycles. The molecule has 8 heteroatoms. The van der Waals surface area contributed by atoms with Gasteiger partial charge in [-0.1, -0.05) is 36.4 Å². The van der Waals surface area contributed by atoms with Gasteiger partial charge in [0.1, 0.15) is 23.4 Å². The Morgan fingerprint density at radius 1 is 0.935 bits per heavy atom. The molecule has 0 bridgehead atoms. The van der Waals surface area contributed by atoms with Crippen LogP contribution in [0.1, 0.15) is 51.8 Å². The van der Waals surface area contributed by atoms with Crippen molar-refractivity contribution in [3.8, 4) is 39.9 Å². The molecule has 0 spiro atoms. The number of benzene rings is 4. The normalized spacial score (nSPS) is 19.5. The summed E-state index contributed by atoms with van der Waals surface area (Å²) in [4.78, 5) is 2.25. The molecule has 1 aliphatic carbocycles. The molecule has 238 valence electrons. The monoisotopic (exact) mass is 620 g/mol. The molecule has 4 aromatic rings. The zero-order valence-electron chi connectivity index (χ0n) is 26.2. The van der Waals surface area contributed by atoms with Crippen molar-refractivity contribution in [3.63, 3.8) is 0 Å². The van der Waals surface area contributed by atoms with Crippen LogP contribution in [0, 0.1) is 0 Å². The molecular weight excluding hydrogens is 580 g/mol. The number of nitrogens with one attached hydrogen (secondary N) is 1. The van der Waals surface area contributed by atoms with E-state index in [-0.39, 0.29) is 17.4 Å². The Morgan fingerprint density at radius 3 is 2.52 bits per heavy atom. The molecule has 0 fully saturated rings. The zero-order chi connectivity index (χ0) is 31.8. The molecule has 0 saturated carbocycles. The first kappa shape index (κ1) is 29.9. The lowest BCUT2D eigenvalue weighted by Gasteiger charge is -2.38. The minimum absolute atomic E-state index is 0.110. The van der Waals surface area contributed by atoms with E-state index in [1.54, 1.807) is 19.2 Å². The number of aromatic hydroxyl groups is 2. The number of aliphatic hydroxyl groups excluding tert-OH is 1. The fourth-order valence-corrected chi connectivity index (χ4v) is 7.31. The average Bonchev–Trinajstić information content (AvgIpc) is 3.60. The SMILES string of the molecule is COc1cc([C@H]2Oc3cc(OC)c4c(c3C[C@H]2O)[C@H](CCN2C=CNC2)Cc2cc(O)ccc2-4)cc(CCc2ccccc2)c1O. The number of fused-ring (bicyclic) bond motifs is 5. The highest BCUT2D eigenvalue weighted by Gasteiger charge is 2.38. The summed E-state index contributed by atoms with van der Waals surface area (Å²) in [5.41, 5.74) is 7.93. The molecule has 0 unspecified atom stereocenters. The Kier molecular flexibility index (Phi) is 8.13. The molecule has 7 rings (SSSR count). The first-order valence-corrected chi connectivity index (χ1v) is 15.9. The Bertz CT molecular complexity index is 1770.